The highest BCUT2D eigenvalue weighted by molar-refractivity contribution is 5.84. The van der Waals surface area contributed by atoms with Gasteiger partial charge in [-0.1, -0.05) is 5.21 Å². The van der Waals surface area contributed by atoms with E-state index in [0.717, 1.165) is 0 Å². The first-order chi connectivity index (χ1) is 7.31. The SMILES string of the molecule is N#Cc1nnn2c1nc(N)c1[nH]cnc12. The number of anilines is 1. The summed E-state index contributed by atoms with van der Waals surface area (Å²) in [6.45, 7) is 0. The van der Waals surface area contributed by atoms with Crippen LogP contribution in [0.25, 0.3) is 16.8 Å². The number of aromatic nitrogens is 6. The zero-order valence-electron chi connectivity index (χ0n) is 7.34. The Labute approximate surface area is 82.4 Å². The highest BCUT2D eigenvalue weighted by atomic mass is 15.4. The van der Waals surface area contributed by atoms with Gasteiger partial charge < -0.3 is 10.7 Å². The molecule has 3 N–H and O–H groups in total. The third kappa shape index (κ3) is 0.833. The van der Waals surface area contributed by atoms with Gasteiger partial charge in [-0.05, 0) is 0 Å². The van der Waals surface area contributed by atoms with Crippen LogP contribution < -0.4 is 5.73 Å². The van der Waals surface area contributed by atoms with Crippen molar-refractivity contribution in [3.8, 4) is 6.07 Å². The van der Waals surface area contributed by atoms with Crippen LogP contribution in [0, 0.1) is 11.3 Å². The van der Waals surface area contributed by atoms with E-state index in [9.17, 15) is 0 Å². The van der Waals surface area contributed by atoms with E-state index in [1.807, 2.05) is 6.07 Å². The summed E-state index contributed by atoms with van der Waals surface area (Å²) in [5, 5.41) is 16.2. The van der Waals surface area contributed by atoms with Crippen molar-refractivity contribution in [1.29, 1.82) is 5.26 Å². The van der Waals surface area contributed by atoms with Crippen LogP contribution in [-0.2, 0) is 0 Å². The van der Waals surface area contributed by atoms with Crippen molar-refractivity contribution in [2.75, 3.05) is 5.73 Å². The zero-order chi connectivity index (χ0) is 10.4. The van der Waals surface area contributed by atoms with Gasteiger partial charge in [0.25, 0.3) is 0 Å². The molecule has 0 saturated heterocycles. The smallest absolute Gasteiger partial charge is 0.209 e. The molecule has 0 atom stereocenters. The number of hydrogen-bond acceptors (Lipinski definition) is 6. The van der Waals surface area contributed by atoms with Crippen LogP contribution in [0.3, 0.4) is 0 Å². The average molecular weight is 200 g/mol. The number of hydrogen-bond donors (Lipinski definition) is 2. The van der Waals surface area contributed by atoms with E-state index in [0.29, 0.717) is 16.8 Å². The Bertz CT molecular complexity index is 699. The average Bonchev–Trinajstić information content (AvgIpc) is 2.81. The highest BCUT2D eigenvalue weighted by Gasteiger charge is 2.13. The first kappa shape index (κ1) is 7.69. The first-order valence-electron chi connectivity index (χ1n) is 4.05. The van der Waals surface area contributed by atoms with Crippen molar-refractivity contribution in [3.63, 3.8) is 0 Å². The van der Waals surface area contributed by atoms with E-state index < -0.39 is 0 Å². The highest BCUT2D eigenvalue weighted by Crippen LogP contribution is 2.17. The van der Waals surface area contributed by atoms with E-state index in [4.69, 9.17) is 11.0 Å². The van der Waals surface area contributed by atoms with Gasteiger partial charge in [-0.3, -0.25) is 0 Å². The first-order valence-corrected chi connectivity index (χ1v) is 4.05. The minimum absolute atomic E-state index is 0.131. The molecule has 0 bridgehead atoms. The van der Waals surface area contributed by atoms with E-state index in [-0.39, 0.29) is 11.5 Å². The van der Waals surface area contributed by atoms with Gasteiger partial charge in [0.15, 0.2) is 17.1 Å². The maximum atomic E-state index is 8.76. The number of aromatic amines is 1. The number of H-pyrrole nitrogens is 1. The van der Waals surface area contributed by atoms with Crippen LogP contribution >= 0.6 is 0 Å². The lowest BCUT2D eigenvalue weighted by Crippen LogP contribution is -1.99. The maximum Gasteiger partial charge on any atom is 0.209 e. The van der Waals surface area contributed by atoms with E-state index in [1.165, 1.54) is 10.8 Å². The van der Waals surface area contributed by atoms with Crippen molar-refractivity contribution in [2.45, 2.75) is 0 Å². The Morgan fingerprint density at radius 2 is 2.33 bits per heavy atom. The molecule has 15 heavy (non-hydrogen) atoms. The van der Waals surface area contributed by atoms with Gasteiger partial charge in [0.1, 0.15) is 11.6 Å². The summed E-state index contributed by atoms with van der Waals surface area (Å²) in [5.74, 6) is 0.272. The topological polar surface area (TPSA) is 122 Å². The molecule has 3 rings (SSSR count). The molecule has 3 aromatic rings. The third-order valence-electron chi connectivity index (χ3n) is 2.05. The lowest BCUT2D eigenvalue weighted by molar-refractivity contribution is 0.865. The fourth-order valence-corrected chi connectivity index (χ4v) is 1.40. The Morgan fingerprint density at radius 3 is 3.13 bits per heavy atom. The van der Waals surface area contributed by atoms with Gasteiger partial charge >= 0.3 is 0 Å². The number of nitrogens with zero attached hydrogens (tertiary/aromatic N) is 6. The molecule has 0 aliphatic carbocycles. The molecule has 0 aliphatic rings. The Hall–Kier alpha value is -2.69. The molecule has 3 heterocycles. The number of nitriles is 1. The third-order valence-corrected chi connectivity index (χ3v) is 2.05. The summed E-state index contributed by atoms with van der Waals surface area (Å²) in [7, 11) is 0. The molecule has 0 aromatic carbocycles. The van der Waals surface area contributed by atoms with Crippen molar-refractivity contribution in [3.05, 3.63) is 12.0 Å². The van der Waals surface area contributed by atoms with Crippen LogP contribution in [0.5, 0.6) is 0 Å². The second-order valence-electron chi connectivity index (χ2n) is 2.88. The van der Waals surface area contributed by atoms with Crippen molar-refractivity contribution in [1.82, 2.24) is 29.8 Å². The van der Waals surface area contributed by atoms with Gasteiger partial charge in [0, 0.05) is 0 Å². The maximum absolute atomic E-state index is 8.76. The largest absolute Gasteiger partial charge is 0.382 e. The Balaban J connectivity index is 2.63. The summed E-state index contributed by atoms with van der Waals surface area (Å²) < 4.78 is 1.38. The fraction of sp³-hybridized carbons (Fsp3) is 0. The Kier molecular flexibility index (Phi) is 1.24. The predicted octanol–water partition coefficient (Wildman–Crippen LogP) is -0.546. The molecule has 8 heteroatoms. The normalized spacial score (nSPS) is 10.9. The molecule has 0 unspecified atom stereocenters. The van der Waals surface area contributed by atoms with Gasteiger partial charge in [-0.25, -0.2) is 9.97 Å². The minimum Gasteiger partial charge on any atom is -0.382 e. The summed E-state index contributed by atoms with van der Waals surface area (Å²) in [6.07, 6.45) is 1.48. The van der Waals surface area contributed by atoms with E-state index in [2.05, 4.69) is 25.3 Å². The number of nitrogen functional groups attached to an aromatic ring is 1. The van der Waals surface area contributed by atoms with Crippen LogP contribution in [0.15, 0.2) is 6.33 Å². The van der Waals surface area contributed by atoms with Crippen LogP contribution in [0.1, 0.15) is 5.69 Å². The molecule has 0 spiro atoms. The van der Waals surface area contributed by atoms with E-state index >= 15 is 0 Å². The lowest BCUT2D eigenvalue weighted by Gasteiger charge is -1.96. The monoisotopic (exact) mass is 200 g/mol. The molecular formula is C7H4N8. The van der Waals surface area contributed by atoms with Crippen molar-refractivity contribution >= 4 is 22.6 Å². The molecule has 0 saturated carbocycles. The zero-order valence-corrected chi connectivity index (χ0v) is 7.34. The van der Waals surface area contributed by atoms with Crippen LogP contribution in [-0.4, -0.2) is 29.8 Å². The summed E-state index contributed by atoms with van der Waals surface area (Å²) >= 11 is 0. The van der Waals surface area contributed by atoms with Gasteiger partial charge in [0.05, 0.1) is 6.33 Å². The van der Waals surface area contributed by atoms with Gasteiger partial charge in [-0.2, -0.15) is 9.78 Å². The predicted molar refractivity (Wildman–Crippen MR) is 49.6 cm³/mol. The number of imidazole rings is 1. The van der Waals surface area contributed by atoms with Crippen molar-refractivity contribution in [2.24, 2.45) is 0 Å². The second-order valence-corrected chi connectivity index (χ2v) is 2.88. The molecule has 3 aromatic heterocycles. The molecule has 0 radical (unpaired) electrons. The minimum atomic E-state index is 0.131. The van der Waals surface area contributed by atoms with Crippen molar-refractivity contribution < 1.29 is 0 Å². The van der Waals surface area contributed by atoms with Crippen LogP contribution in [0.2, 0.25) is 0 Å². The van der Waals surface area contributed by atoms with E-state index in [1.54, 1.807) is 0 Å². The number of nitrogens with one attached hydrogen (secondary N) is 1. The fourth-order valence-electron chi connectivity index (χ4n) is 1.40. The summed E-state index contributed by atoms with van der Waals surface area (Å²) in [6, 6.07) is 1.88. The Morgan fingerprint density at radius 1 is 1.47 bits per heavy atom. The number of nitrogens with two attached hydrogens (primary N) is 1. The molecular weight excluding hydrogens is 196 g/mol. The summed E-state index contributed by atoms with van der Waals surface area (Å²) in [4.78, 5) is 10.9. The molecule has 0 fully saturated rings. The van der Waals surface area contributed by atoms with Gasteiger partial charge in [-0.15, -0.1) is 5.10 Å². The molecule has 72 valence electrons. The molecule has 0 amide bonds. The quantitative estimate of drug-likeness (QED) is 0.502. The van der Waals surface area contributed by atoms with Gasteiger partial charge in [0.2, 0.25) is 5.69 Å². The van der Waals surface area contributed by atoms with Crippen LogP contribution in [0.4, 0.5) is 5.82 Å². The standard InChI is InChI=1S/C7H4N8/c8-1-3-6-12-5(9)4-7(11-2-10-4)15(6)14-13-3/h2H,(H2,9,12)(H,10,11). The number of rotatable bonds is 0. The second kappa shape index (κ2) is 2.42. The summed E-state index contributed by atoms with van der Waals surface area (Å²) in [5.41, 5.74) is 7.22. The molecule has 0 aliphatic heterocycles. The lowest BCUT2D eigenvalue weighted by atomic mass is 10.4. The number of fused-ring (bicyclic) bond motifs is 3. The molecule has 8 nitrogen and oxygen atoms in total.